The number of benzene rings is 1. The number of rotatable bonds is 5. The largest absolute Gasteiger partial charge is 0.497 e. The van der Waals surface area contributed by atoms with E-state index in [0.29, 0.717) is 11.9 Å². The maximum atomic E-state index is 11.9. The summed E-state index contributed by atoms with van der Waals surface area (Å²) in [4.78, 5) is 20.8. The summed E-state index contributed by atoms with van der Waals surface area (Å²) in [5.74, 6) is 1.38. The van der Waals surface area contributed by atoms with Gasteiger partial charge in [-0.05, 0) is 30.5 Å². The first-order valence-electron chi connectivity index (χ1n) is 7.91. The minimum Gasteiger partial charge on any atom is -0.497 e. The van der Waals surface area contributed by atoms with E-state index in [-0.39, 0.29) is 5.56 Å². The van der Waals surface area contributed by atoms with Gasteiger partial charge in [0.2, 0.25) is 0 Å². The van der Waals surface area contributed by atoms with E-state index in [1.54, 1.807) is 19.5 Å². The predicted octanol–water partition coefficient (Wildman–Crippen LogP) is 1.54. The fourth-order valence-electron chi connectivity index (χ4n) is 2.91. The number of nitrogens with zero attached hydrogens (tertiary/aromatic N) is 2. The second-order valence-corrected chi connectivity index (χ2v) is 5.76. The molecule has 2 heterocycles. The molecule has 1 fully saturated rings. The van der Waals surface area contributed by atoms with Gasteiger partial charge in [0.05, 0.1) is 7.11 Å². The predicted molar refractivity (Wildman–Crippen MR) is 89.9 cm³/mol. The Hall–Kier alpha value is -2.34. The molecule has 1 aliphatic heterocycles. The number of hydrogen-bond donors (Lipinski definition) is 2. The molecule has 0 unspecified atom stereocenters. The highest BCUT2D eigenvalue weighted by atomic mass is 16.5. The van der Waals surface area contributed by atoms with Crippen molar-refractivity contribution in [3.63, 3.8) is 0 Å². The summed E-state index contributed by atoms with van der Waals surface area (Å²) in [7, 11) is 1.67. The maximum Gasteiger partial charge on any atom is 0.290 e. The highest BCUT2D eigenvalue weighted by Gasteiger charge is 2.22. The van der Waals surface area contributed by atoms with E-state index in [1.165, 1.54) is 5.56 Å². The second-order valence-electron chi connectivity index (χ2n) is 5.76. The van der Waals surface area contributed by atoms with Crippen LogP contribution in [0.4, 0.5) is 5.82 Å². The number of hydrogen-bond acceptors (Lipinski definition) is 5. The van der Waals surface area contributed by atoms with Gasteiger partial charge in [-0.15, -0.1) is 0 Å². The lowest BCUT2D eigenvalue weighted by Gasteiger charge is -2.33. The van der Waals surface area contributed by atoms with Crippen molar-refractivity contribution in [2.45, 2.75) is 25.4 Å². The number of H-pyrrole nitrogens is 1. The second kappa shape index (κ2) is 7.28. The van der Waals surface area contributed by atoms with Gasteiger partial charge >= 0.3 is 0 Å². The number of methoxy groups -OCH3 is 1. The molecule has 0 aliphatic carbocycles. The van der Waals surface area contributed by atoms with Gasteiger partial charge < -0.3 is 19.9 Å². The number of nitrogens with one attached hydrogen (secondary N) is 2. The molecule has 1 aromatic heterocycles. The molecule has 0 radical (unpaired) electrons. The Morgan fingerprint density at radius 2 is 2.22 bits per heavy atom. The Morgan fingerprint density at radius 1 is 1.39 bits per heavy atom. The van der Waals surface area contributed by atoms with Crippen LogP contribution in [0.2, 0.25) is 0 Å². The van der Waals surface area contributed by atoms with Crippen LogP contribution in [-0.2, 0) is 6.54 Å². The van der Waals surface area contributed by atoms with Gasteiger partial charge in [-0.1, -0.05) is 12.1 Å². The van der Waals surface area contributed by atoms with Crippen LogP contribution in [0, 0.1) is 0 Å². The van der Waals surface area contributed by atoms with Crippen molar-refractivity contribution < 1.29 is 4.74 Å². The molecule has 2 aromatic rings. The minimum absolute atomic E-state index is 0.122. The van der Waals surface area contributed by atoms with Crippen LogP contribution < -0.4 is 20.5 Å². The molecule has 23 heavy (non-hydrogen) atoms. The summed E-state index contributed by atoms with van der Waals surface area (Å²) >= 11 is 0. The molecule has 0 saturated carbocycles. The molecule has 122 valence electrons. The zero-order valence-electron chi connectivity index (χ0n) is 13.3. The molecule has 6 heteroatoms. The minimum atomic E-state index is -0.122. The average Bonchev–Trinajstić information content (AvgIpc) is 2.61. The first-order valence-corrected chi connectivity index (χ1v) is 7.91. The molecule has 1 saturated heterocycles. The Bertz CT molecular complexity index is 683. The number of ether oxygens (including phenoxy) is 1. The molecule has 6 nitrogen and oxygen atoms in total. The number of aromatic amines is 1. The molecule has 1 atom stereocenters. The summed E-state index contributed by atoms with van der Waals surface area (Å²) in [6.45, 7) is 2.48. The molecule has 0 spiro atoms. The quantitative estimate of drug-likeness (QED) is 0.876. The summed E-state index contributed by atoms with van der Waals surface area (Å²) in [6.07, 6.45) is 5.36. The van der Waals surface area contributed by atoms with Crippen molar-refractivity contribution in [2.75, 3.05) is 25.1 Å². The standard InChI is InChI=1S/C17H22N4O2/c1-23-15-6-4-13(5-7-15)11-20-14-3-2-10-21(12-14)16-17(22)19-9-8-18-16/h4-9,14,20H,2-3,10-12H2,1H3,(H,19,22)/t14-/m0/s1. The van der Waals surface area contributed by atoms with Crippen LogP contribution in [-0.4, -0.2) is 36.2 Å². The van der Waals surface area contributed by atoms with Crippen LogP contribution in [0.15, 0.2) is 41.5 Å². The third kappa shape index (κ3) is 3.90. The molecular weight excluding hydrogens is 292 g/mol. The van der Waals surface area contributed by atoms with Crippen molar-refractivity contribution in [3.05, 3.63) is 52.6 Å². The zero-order chi connectivity index (χ0) is 16.1. The maximum absolute atomic E-state index is 11.9. The summed E-state index contributed by atoms with van der Waals surface area (Å²) in [5.41, 5.74) is 1.10. The van der Waals surface area contributed by atoms with Crippen LogP contribution in [0.25, 0.3) is 0 Å². The molecule has 3 rings (SSSR count). The van der Waals surface area contributed by atoms with E-state index < -0.39 is 0 Å². The SMILES string of the molecule is COc1ccc(CN[C@H]2CCCN(c3ncc[nH]c3=O)C2)cc1. The molecule has 0 amide bonds. The molecule has 0 bridgehead atoms. The fraction of sp³-hybridized carbons (Fsp3) is 0.412. The van der Waals surface area contributed by atoms with Gasteiger partial charge in [0, 0.05) is 38.1 Å². The van der Waals surface area contributed by atoms with Crippen molar-refractivity contribution in [1.82, 2.24) is 15.3 Å². The first kappa shape index (κ1) is 15.6. The number of anilines is 1. The van der Waals surface area contributed by atoms with E-state index in [9.17, 15) is 4.79 Å². The van der Waals surface area contributed by atoms with Crippen LogP contribution >= 0.6 is 0 Å². The lowest BCUT2D eigenvalue weighted by Crippen LogP contribution is -2.47. The zero-order valence-corrected chi connectivity index (χ0v) is 13.3. The Balaban J connectivity index is 1.58. The molecule has 1 aromatic carbocycles. The van der Waals surface area contributed by atoms with Crippen molar-refractivity contribution in [2.24, 2.45) is 0 Å². The van der Waals surface area contributed by atoms with Crippen LogP contribution in [0.5, 0.6) is 5.75 Å². The van der Waals surface area contributed by atoms with E-state index >= 15 is 0 Å². The van der Waals surface area contributed by atoms with Gasteiger partial charge in [0.15, 0.2) is 5.82 Å². The molecule has 1 aliphatic rings. The van der Waals surface area contributed by atoms with Gasteiger partial charge in [0.25, 0.3) is 5.56 Å². The van der Waals surface area contributed by atoms with E-state index in [1.807, 2.05) is 12.1 Å². The molecular formula is C17H22N4O2. The van der Waals surface area contributed by atoms with Crippen LogP contribution in [0.3, 0.4) is 0 Å². The highest BCUT2D eigenvalue weighted by Crippen LogP contribution is 2.15. The van der Waals surface area contributed by atoms with Gasteiger partial charge in [-0.2, -0.15) is 0 Å². The summed E-state index contributed by atoms with van der Waals surface area (Å²) in [5, 5.41) is 3.57. The monoisotopic (exact) mass is 314 g/mol. The first-order chi connectivity index (χ1) is 11.3. The third-order valence-electron chi connectivity index (χ3n) is 4.16. The lowest BCUT2D eigenvalue weighted by atomic mass is 10.1. The van der Waals surface area contributed by atoms with Crippen molar-refractivity contribution in [3.8, 4) is 5.75 Å². The Morgan fingerprint density at radius 3 is 2.96 bits per heavy atom. The van der Waals surface area contributed by atoms with Crippen molar-refractivity contribution in [1.29, 1.82) is 0 Å². The summed E-state index contributed by atoms with van der Waals surface area (Å²) < 4.78 is 5.17. The third-order valence-corrected chi connectivity index (χ3v) is 4.16. The van der Waals surface area contributed by atoms with Crippen LogP contribution in [0.1, 0.15) is 18.4 Å². The normalized spacial score (nSPS) is 18.0. The van der Waals surface area contributed by atoms with E-state index in [0.717, 1.165) is 38.2 Å². The number of piperidine rings is 1. The summed E-state index contributed by atoms with van der Waals surface area (Å²) in [6, 6.07) is 8.42. The Kier molecular flexibility index (Phi) is 4.92. The highest BCUT2D eigenvalue weighted by molar-refractivity contribution is 5.36. The number of aromatic nitrogens is 2. The van der Waals surface area contributed by atoms with Crippen molar-refractivity contribution >= 4 is 5.82 Å². The topological polar surface area (TPSA) is 70.2 Å². The fourth-order valence-corrected chi connectivity index (χ4v) is 2.91. The lowest BCUT2D eigenvalue weighted by molar-refractivity contribution is 0.412. The van der Waals surface area contributed by atoms with E-state index in [4.69, 9.17) is 4.74 Å². The van der Waals surface area contributed by atoms with Gasteiger partial charge in [-0.25, -0.2) is 4.98 Å². The smallest absolute Gasteiger partial charge is 0.290 e. The Labute approximate surface area is 135 Å². The average molecular weight is 314 g/mol. The molecule has 2 N–H and O–H groups in total. The van der Waals surface area contributed by atoms with Gasteiger partial charge in [-0.3, -0.25) is 4.79 Å². The van der Waals surface area contributed by atoms with Gasteiger partial charge in [0.1, 0.15) is 5.75 Å². The van der Waals surface area contributed by atoms with E-state index in [2.05, 4.69) is 32.3 Å².